The molecule has 1 unspecified atom stereocenters. The first-order valence-corrected chi connectivity index (χ1v) is 10.5. The zero-order chi connectivity index (χ0) is 20.5. The minimum atomic E-state index is -0.382. The molecule has 1 amide bonds. The summed E-state index contributed by atoms with van der Waals surface area (Å²) in [7, 11) is 3.14. The van der Waals surface area contributed by atoms with Crippen LogP contribution in [-0.2, 0) is 14.3 Å². The maximum Gasteiger partial charge on any atom is 0.315 e. The maximum absolute atomic E-state index is 12.5. The number of hydrogen-bond donors (Lipinski definition) is 1. The van der Waals surface area contributed by atoms with Gasteiger partial charge in [0.15, 0.2) is 5.01 Å². The standard InChI is InChI=1S/C18H23N3O5S2/c1-5-14(27-10-15(22)26-6-2)16(23)19-18-21-20-17(28-18)12-8-7-11(24-3)9-13(12)25-4/h7-9,14H,5-6,10H2,1-4H3,(H,19,21,23). The molecule has 0 aliphatic carbocycles. The zero-order valence-corrected chi connectivity index (χ0v) is 17.8. The molecular weight excluding hydrogens is 402 g/mol. The molecule has 2 rings (SSSR count). The molecule has 0 fully saturated rings. The highest BCUT2D eigenvalue weighted by molar-refractivity contribution is 8.01. The average molecular weight is 426 g/mol. The number of esters is 1. The minimum Gasteiger partial charge on any atom is -0.497 e. The third-order valence-electron chi connectivity index (χ3n) is 3.67. The Balaban J connectivity index is 2.05. The van der Waals surface area contributed by atoms with Crippen molar-refractivity contribution in [3.05, 3.63) is 18.2 Å². The van der Waals surface area contributed by atoms with Crippen LogP contribution in [0, 0.1) is 0 Å². The number of amides is 1. The second-order valence-electron chi connectivity index (χ2n) is 5.48. The molecular formula is C18H23N3O5S2. The number of benzene rings is 1. The molecule has 0 radical (unpaired) electrons. The van der Waals surface area contributed by atoms with E-state index in [9.17, 15) is 9.59 Å². The maximum atomic E-state index is 12.5. The van der Waals surface area contributed by atoms with Gasteiger partial charge in [0, 0.05) is 6.07 Å². The Labute approximate surface area is 172 Å². The quantitative estimate of drug-likeness (QED) is 0.579. The third-order valence-corrected chi connectivity index (χ3v) is 5.89. The summed E-state index contributed by atoms with van der Waals surface area (Å²) in [6.45, 7) is 3.96. The van der Waals surface area contributed by atoms with Crippen LogP contribution in [0.25, 0.3) is 10.6 Å². The molecule has 1 heterocycles. The topological polar surface area (TPSA) is 99.6 Å². The van der Waals surface area contributed by atoms with E-state index in [-0.39, 0.29) is 22.9 Å². The van der Waals surface area contributed by atoms with Gasteiger partial charge in [0.2, 0.25) is 11.0 Å². The van der Waals surface area contributed by atoms with Crippen LogP contribution in [0.5, 0.6) is 11.5 Å². The van der Waals surface area contributed by atoms with E-state index in [2.05, 4.69) is 15.5 Å². The molecule has 8 nitrogen and oxygen atoms in total. The van der Waals surface area contributed by atoms with Gasteiger partial charge in [0.1, 0.15) is 11.5 Å². The highest BCUT2D eigenvalue weighted by Crippen LogP contribution is 2.36. The van der Waals surface area contributed by atoms with E-state index in [0.717, 1.165) is 5.56 Å². The van der Waals surface area contributed by atoms with Gasteiger partial charge in [0.25, 0.3) is 0 Å². The first kappa shape index (κ1) is 22.0. The van der Waals surface area contributed by atoms with E-state index in [0.29, 0.717) is 34.7 Å². The van der Waals surface area contributed by atoms with E-state index in [1.165, 1.54) is 23.1 Å². The molecule has 1 N–H and O–H groups in total. The van der Waals surface area contributed by atoms with Gasteiger partial charge in [-0.25, -0.2) is 0 Å². The summed E-state index contributed by atoms with van der Waals surface area (Å²) in [5.41, 5.74) is 0.755. The predicted molar refractivity (Wildman–Crippen MR) is 110 cm³/mol. The third kappa shape index (κ3) is 5.83. The van der Waals surface area contributed by atoms with Crippen molar-refractivity contribution in [3.63, 3.8) is 0 Å². The Morgan fingerprint density at radius 1 is 1.21 bits per heavy atom. The zero-order valence-electron chi connectivity index (χ0n) is 16.2. The normalized spacial score (nSPS) is 11.6. The molecule has 10 heteroatoms. The number of nitrogens with one attached hydrogen (secondary N) is 1. The Morgan fingerprint density at radius 3 is 2.64 bits per heavy atom. The van der Waals surface area contributed by atoms with Gasteiger partial charge in [0.05, 0.1) is 37.4 Å². The Kier molecular flexibility index (Phi) is 8.52. The molecule has 2 aromatic rings. The second kappa shape index (κ2) is 10.9. The lowest BCUT2D eigenvalue weighted by Crippen LogP contribution is -2.26. The van der Waals surface area contributed by atoms with E-state index in [4.69, 9.17) is 14.2 Å². The SMILES string of the molecule is CCOC(=O)CSC(CC)C(=O)Nc1nnc(-c2ccc(OC)cc2OC)s1. The number of aromatic nitrogens is 2. The molecule has 0 spiro atoms. The largest absolute Gasteiger partial charge is 0.497 e. The van der Waals surface area contributed by atoms with Gasteiger partial charge < -0.3 is 14.2 Å². The van der Waals surface area contributed by atoms with Crippen LogP contribution in [0.3, 0.4) is 0 Å². The van der Waals surface area contributed by atoms with Gasteiger partial charge in [-0.1, -0.05) is 18.3 Å². The number of carbonyl (C=O) groups is 2. The van der Waals surface area contributed by atoms with Crippen LogP contribution in [0.15, 0.2) is 18.2 Å². The average Bonchev–Trinajstić information content (AvgIpc) is 3.16. The smallest absolute Gasteiger partial charge is 0.315 e. The Bertz CT molecular complexity index is 812. The molecule has 0 bridgehead atoms. The summed E-state index contributed by atoms with van der Waals surface area (Å²) in [5, 5.41) is 11.6. The first-order chi connectivity index (χ1) is 13.5. The molecule has 1 atom stereocenters. The summed E-state index contributed by atoms with van der Waals surface area (Å²) in [6, 6.07) is 5.39. The summed E-state index contributed by atoms with van der Waals surface area (Å²) >= 11 is 2.49. The van der Waals surface area contributed by atoms with E-state index in [1.807, 2.05) is 13.0 Å². The minimum absolute atomic E-state index is 0.129. The van der Waals surface area contributed by atoms with Crippen LogP contribution < -0.4 is 14.8 Å². The highest BCUT2D eigenvalue weighted by atomic mass is 32.2. The first-order valence-electron chi connectivity index (χ1n) is 8.66. The fourth-order valence-corrected chi connectivity index (χ4v) is 3.94. The predicted octanol–water partition coefficient (Wildman–Crippen LogP) is 3.24. The van der Waals surface area contributed by atoms with Crippen molar-refractivity contribution in [2.45, 2.75) is 25.5 Å². The summed E-state index contributed by atoms with van der Waals surface area (Å²) in [5.74, 6) is 0.849. The van der Waals surface area contributed by atoms with E-state index < -0.39 is 0 Å². The van der Waals surface area contributed by atoms with Gasteiger partial charge in [-0.15, -0.1) is 22.0 Å². The Morgan fingerprint density at radius 2 is 2.00 bits per heavy atom. The number of rotatable bonds is 10. The highest BCUT2D eigenvalue weighted by Gasteiger charge is 2.21. The molecule has 1 aromatic carbocycles. The second-order valence-corrected chi connectivity index (χ2v) is 7.65. The van der Waals surface area contributed by atoms with Crippen LogP contribution in [0.1, 0.15) is 20.3 Å². The van der Waals surface area contributed by atoms with Crippen molar-refractivity contribution in [1.82, 2.24) is 10.2 Å². The fraction of sp³-hybridized carbons (Fsp3) is 0.444. The van der Waals surface area contributed by atoms with Crippen molar-refractivity contribution >= 4 is 40.1 Å². The number of thioether (sulfide) groups is 1. The molecule has 152 valence electrons. The monoisotopic (exact) mass is 425 g/mol. The van der Waals surface area contributed by atoms with Gasteiger partial charge in [-0.05, 0) is 25.5 Å². The number of anilines is 1. The lowest BCUT2D eigenvalue weighted by atomic mass is 10.2. The molecule has 28 heavy (non-hydrogen) atoms. The van der Waals surface area contributed by atoms with E-state index >= 15 is 0 Å². The molecule has 0 aliphatic rings. The van der Waals surface area contributed by atoms with Crippen molar-refractivity contribution in [1.29, 1.82) is 0 Å². The van der Waals surface area contributed by atoms with Crippen molar-refractivity contribution in [2.75, 3.05) is 31.9 Å². The number of methoxy groups -OCH3 is 2. The number of carbonyl (C=O) groups excluding carboxylic acids is 2. The lowest BCUT2D eigenvalue weighted by Gasteiger charge is -2.12. The fourth-order valence-electron chi connectivity index (χ4n) is 2.29. The van der Waals surface area contributed by atoms with Crippen LogP contribution in [-0.4, -0.2) is 53.9 Å². The van der Waals surface area contributed by atoms with Crippen molar-refractivity contribution in [2.24, 2.45) is 0 Å². The summed E-state index contributed by atoms with van der Waals surface area (Å²) < 4.78 is 15.5. The van der Waals surface area contributed by atoms with Crippen molar-refractivity contribution in [3.8, 4) is 22.1 Å². The summed E-state index contributed by atoms with van der Waals surface area (Å²) in [4.78, 5) is 24.0. The van der Waals surface area contributed by atoms with Crippen molar-refractivity contribution < 1.29 is 23.8 Å². The van der Waals surface area contributed by atoms with E-state index in [1.54, 1.807) is 33.3 Å². The van der Waals surface area contributed by atoms with Gasteiger partial charge >= 0.3 is 5.97 Å². The number of hydrogen-bond acceptors (Lipinski definition) is 9. The molecule has 0 aliphatic heterocycles. The Hall–Kier alpha value is -2.33. The number of nitrogens with zero attached hydrogens (tertiary/aromatic N) is 2. The molecule has 1 aromatic heterocycles. The number of ether oxygens (including phenoxy) is 3. The molecule has 0 saturated carbocycles. The molecule has 0 saturated heterocycles. The lowest BCUT2D eigenvalue weighted by molar-refractivity contribution is -0.139. The summed E-state index contributed by atoms with van der Waals surface area (Å²) in [6.07, 6.45) is 0.577. The van der Waals surface area contributed by atoms with Crippen LogP contribution in [0.4, 0.5) is 5.13 Å². The van der Waals surface area contributed by atoms with Gasteiger partial charge in [-0.2, -0.15) is 0 Å². The van der Waals surface area contributed by atoms with Crippen LogP contribution in [0.2, 0.25) is 0 Å². The van der Waals surface area contributed by atoms with Crippen LogP contribution >= 0.6 is 23.1 Å². The van der Waals surface area contributed by atoms with Gasteiger partial charge in [-0.3, -0.25) is 14.9 Å².